The number of anilines is 1. The fourth-order valence-electron chi connectivity index (χ4n) is 4.46. The van der Waals surface area contributed by atoms with Crippen molar-refractivity contribution in [3.05, 3.63) is 76.5 Å². The highest BCUT2D eigenvalue weighted by Crippen LogP contribution is 2.36. The standard InChI is InChI=1S/C27H30N2O4S/c1-32-23-15-14-21(17-24(23)33-2)29(25(30)18-22-13-8-16-34-22)26(19-9-4-3-5-10-19)27(31)28-20-11-6-7-12-20/h3-5,8-10,13-17,20,26H,6-7,11-12,18H2,1-2H3,(H,28,31)/t26-/m1/s1. The largest absolute Gasteiger partial charge is 0.493 e. The van der Waals surface area contributed by atoms with Gasteiger partial charge in [-0.15, -0.1) is 11.3 Å². The second-order valence-corrected chi connectivity index (χ2v) is 9.39. The maximum atomic E-state index is 13.8. The number of carbonyl (C=O) groups excluding carboxylic acids is 2. The zero-order chi connectivity index (χ0) is 23.9. The SMILES string of the molecule is COc1ccc(N(C(=O)Cc2cccs2)[C@@H](C(=O)NC2CCCC2)c2ccccc2)cc1OC. The zero-order valence-electron chi connectivity index (χ0n) is 19.5. The van der Waals surface area contributed by atoms with Crippen molar-refractivity contribution in [1.82, 2.24) is 5.32 Å². The highest BCUT2D eigenvalue weighted by atomic mass is 32.1. The Morgan fingerprint density at radius 1 is 1.00 bits per heavy atom. The number of nitrogens with one attached hydrogen (secondary N) is 1. The number of methoxy groups -OCH3 is 2. The van der Waals surface area contributed by atoms with Crippen LogP contribution in [0.2, 0.25) is 0 Å². The van der Waals surface area contributed by atoms with Gasteiger partial charge in [0.05, 0.1) is 20.6 Å². The Bertz CT molecular complexity index is 1100. The van der Waals surface area contributed by atoms with Crippen LogP contribution in [0.1, 0.15) is 42.2 Å². The molecular weight excluding hydrogens is 448 g/mol. The third-order valence-corrected chi connectivity index (χ3v) is 7.02. The molecule has 1 aliphatic carbocycles. The van der Waals surface area contributed by atoms with Crippen molar-refractivity contribution in [1.29, 1.82) is 0 Å². The van der Waals surface area contributed by atoms with E-state index in [1.54, 1.807) is 37.3 Å². The van der Waals surface area contributed by atoms with Gasteiger partial charge in [0, 0.05) is 22.7 Å². The van der Waals surface area contributed by atoms with Crippen LogP contribution < -0.4 is 19.7 Å². The molecule has 0 saturated heterocycles. The average molecular weight is 479 g/mol. The number of benzene rings is 2. The Balaban J connectivity index is 1.78. The van der Waals surface area contributed by atoms with Crippen molar-refractivity contribution in [2.24, 2.45) is 0 Å². The van der Waals surface area contributed by atoms with Gasteiger partial charge in [0.1, 0.15) is 6.04 Å². The van der Waals surface area contributed by atoms with Crippen LogP contribution in [0.5, 0.6) is 11.5 Å². The molecule has 0 radical (unpaired) electrons. The van der Waals surface area contributed by atoms with Gasteiger partial charge in [-0.25, -0.2) is 0 Å². The Morgan fingerprint density at radius 3 is 2.38 bits per heavy atom. The van der Waals surface area contributed by atoms with Crippen LogP contribution in [0, 0.1) is 0 Å². The minimum Gasteiger partial charge on any atom is -0.493 e. The second-order valence-electron chi connectivity index (χ2n) is 8.36. The van der Waals surface area contributed by atoms with Crippen LogP contribution in [0.4, 0.5) is 5.69 Å². The number of nitrogens with zero attached hydrogens (tertiary/aromatic N) is 1. The maximum absolute atomic E-state index is 13.8. The summed E-state index contributed by atoms with van der Waals surface area (Å²) in [6, 6.07) is 18.0. The molecular formula is C27H30N2O4S. The normalized spacial score (nSPS) is 14.4. The number of thiophene rings is 1. The van der Waals surface area contributed by atoms with Crippen LogP contribution in [0.15, 0.2) is 66.0 Å². The molecule has 6 nitrogen and oxygen atoms in total. The molecule has 2 aromatic carbocycles. The zero-order valence-corrected chi connectivity index (χ0v) is 20.3. The van der Waals surface area contributed by atoms with Crippen LogP contribution >= 0.6 is 11.3 Å². The first-order chi connectivity index (χ1) is 16.6. The summed E-state index contributed by atoms with van der Waals surface area (Å²) < 4.78 is 10.9. The molecule has 1 heterocycles. The Hall–Kier alpha value is -3.32. The van der Waals surface area contributed by atoms with Crippen LogP contribution in [0.3, 0.4) is 0 Å². The van der Waals surface area contributed by atoms with E-state index in [1.807, 2.05) is 47.8 Å². The summed E-state index contributed by atoms with van der Waals surface area (Å²) in [6.45, 7) is 0. The minimum absolute atomic E-state index is 0.137. The molecule has 178 valence electrons. The number of hydrogen-bond acceptors (Lipinski definition) is 5. The van der Waals surface area contributed by atoms with Gasteiger partial charge in [-0.2, -0.15) is 0 Å². The van der Waals surface area contributed by atoms with Crippen LogP contribution in [-0.2, 0) is 16.0 Å². The first kappa shape index (κ1) is 23.8. The smallest absolute Gasteiger partial charge is 0.248 e. The Morgan fingerprint density at radius 2 is 1.74 bits per heavy atom. The fraction of sp³-hybridized carbons (Fsp3) is 0.333. The van der Waals surface area contributed by atoms with Crippen LogP contribution in [-0.4, -0.2) is 32.1 Å². The molecule has 2 amide bonds. The van der Waals surface area contributed by atoms with Gasteiger partial charge in [0.25, 0.3) is 0 Å². The predicted octanol–water partition coefficient (Wildman–Crippen LogP) is 5.14. The van der Waals surface area contributed by atoms with E-state index in [-0.39, 0.29) is 24.3 Å². The number of carbonyl (C=O) groups is 2. The van der Waals surface area contributed by atoms with Gasteiger partial charge < -0.3 is 14.8 Å². The number of amides is 2. The molecule has 1 aliphatic rings. The summed E-state index contributed by atoms with van der Waals surface area (Å²) in [6.07, 6.45) is 4.35. The third-order valence-electron chi connectivity index (χ3n) is 6.14. The molecule has 4 rings (SSSR count). The van der Waals surface area contributed by atoms with Gasteiger partial charge in [-0.05, 0) is 42.0 Å². The van der Waals surface area contributed by atoms with Gasteiger partial charge in [-0.3, -0.25) is 14.5 Å². The lowest BCUT2D eigenvalue weighted by atomic mass is 10.0. The van der Waals surface area contributed by atoms with Crippen molar-refractivity contribution in [3.63, 3.8) is 0 Å². The van der Waals surface area contributed by atoms with E-state index in [2.05, 4.69) is 5.32 Å². The van der Waals surface area contributed by atoms with Gasteiger partial charge in [0.2, 0.25) is 11.8 Å². The highest BCUT2D eigenvalue weighted by Gasteiger charge is 2.34. The molecule has 1 N–H and O–H groups in total. The quantitative estimate of drug-likeness (QED) is 0.462. The van der Waals surface area contributed by atoms with E-state index in [0.29, 0.717) is 17.2 Å². The van der Waals surface area contributed by atoms with E-state index < -0.39 is 6.04 Å². The Kier molecular flexibility index (Phi) is 7.85. The van der Waals surface area contributed by atoms with E-state index in [4.69, 9.17) is 9.47 Å². The van der Waals surface area contributed by atoms with E-state index in [0.717, 1.165) is 36.1 Å². The summed E-state index contributed by atoms with van der Waals surface area (Å²) in [5.41, 5.74) is 1.34. The van der Waals surface area contributed by atoms with Crippen molar-refractivity contribution in [2.45, 2.75) is 44.2 Å². The summed E-state index contributed by atoms with van der Waals surface area (Å²) >= 11 is 1.53. The lowest BCUT2D eigenvalue weighted by Gasteiger charge is -2.32. The molecule has 1 aromatic heterocycles. The van der Waals surface area contributed by atoms with E-state index in [9.17, 15) is 9.59 Å². The van der Waals surface area contributed by atoms with Crippen molar-refractivity contribution in [2.75, 3.05) is 19.1 Å². The summed E-state index contributed by atoms with van der Waals surface area (Å²) in [5.74, 6) is 0.720. The average Bonchev–Trinajstić information content (AvgIpc) is 3.57. The number of rotatable bonds is 9. The summed E-state index contributed by atoms with van der Waals surface area (Å²) in [4.78, 5) is 30.1. The van der Waals surface area contributed by atoms with E-state index >= 15 is 0 Å². The third kappa shape index (κ3) is 5.42. The predicted molar refractivity (Wildman–Crippen MR) is 135 cm³/mol. The monoisotopic (exact) mass is 478 g/mol. The lowest BCUT2D eigenvalue weighted by Crippen LogP contribution is -2.46. The first-order valence-corrected chi connectivity index (χ1v) is 12.4. The number of ether oxygens (including phenoxy) is 2. The molecule has 0 aliphatic heterocycles. The molecule has 7 heteroatoms. The van der Waals surface area contributed by atoms with Crippen molar-refractivity contribution >= 4 is 28.8 Å². The van der Waals surface area contributed by atoms with Crippen molar-refractivity contribution < 1.29 is 19.1 Å². The second kappa shape index (κ2) is 11.2. The molecule has 3 aromatic rings. The number of hydrogen-bond donors (Lipinski definition) is 1. The molecule has 0 unspecified atom stereocenters. The highest BCUT2D eigenvalue weighted by molar-refractivity contribution is 7.10. The molecule has 0 spiro atoms. The molecule has 34 heavy (non-hydrogen) atoms. The molecule has 1 atom stereocenters. The van der Waals surface area contributed by atoms with E-state index in [1.165, 1.54) is 11.3 Å². The van der Waals surface area contributed by atoms with Crippen molar-refractivity contribution in [3.8, 4) is 11.5 Å². The molecule has 1 fully saturated rings. The molecule has 0 bridgehead atoms. The van der Waals surface area contributed by atoms with Gasteiger partial charge in [0.15, 0.2) is 11.5 Å². The Labute approximate surface area is 204 Å². The van der Waals surface area contributed by atoms with Gasteiger partial charge in [-0.1, -0.05) is 49.2 Å². The molecule has 1 saturated carbocycles. The topological polar surface area (TPSA) is 67.9 Å². The lowest BCUT2D eigenvalue weighted by molar-refractivity contribution is -0.127. The first-order valence-electron chi connectivity index (χ1n) is 11.5. The summed E-state index contributed by atoms with van der Waals surface area (Å²) in [7, 11) is 3.12. The van der Waals surface area contributed by atoms with Gasteiger partial charge >= 0.3 is 0 Å². The summed E-state index contributed by atoms with van der Waals surface area (Å²) in [5, 5.41) is 5.16. The fourth-order valence-corrected chi connectivity index (χ4v) is 5.16. The van der Waals surface area contributed by atoms with Crippen LogP contribution in [0.25, 0.3) is 0 Å². The minimum atomic E-state index is -0.813. The maximum Gasteiger partial charge on any atom is 0.248 e.